The molecule has 2 saturated heterocycles. The maximum atomic E-state index is 15.5. The number of alkyl halides is 2. The Morgan fingerprint density at radius 3 is 2.82 bits per heavy atom. The monoisotopic (exact) mass is 536 g/mol. The number of amidine groups is 1. The number of fused-ring (bicyclic) bond motifs is 2. The first-order valence-electron chi connectivity index (χ1n) is 12.6. The molecule has 0 spiro atoms. The topological polar surface area (TPSA) is 113 Å². The molecule has 9 nitrogen and oxygen atoms in total. The second-order valence-electron chi connectivity index (χ2n) is 10.00. The Bertz CT molecular complexity index is 1500. The number of quaternary nitrogens is 1. The molecule has 0 radical (unpaired) electrons. The van der Waals surface area contributed by atoms with Gasteiger partial charge >= 0.3 is 0 Å². The van der Waals surface area contributed by atoms with Gasteiger partial charge in [-0.3, -0.25) is 14.6 Å². The smallest absolute Gasteiger partial charge is 0.267 e. The molecule has 2 amide bonds. The zero-order valence-corrected chi connectivity index (χ0v) is 20.7. The van der Waals surface area contributed by atoms with Gasteiger partial charge in [-0.05, 0) is 49.6 Å². The summed E-state index contributed by atoms with van der Waals surface area (Å²) in [6, 6.07) is 6.33. The number of aliphatic imine (C=N–C) groups is 2. The van der Waals surface area contributed by atoms with Crippen molar-refractivity contribution in [3.8, 4) is 0 Å². The highest BCUT2D eigenvalue weighted by molar-refractivity contribution is 6.05. The van der Waals surface area contributed by atoms with Gasteiger partial charge in [-0.25, -0.2) is 18.2 Å². The van der Waals surface area contributed by atoms with Crippen molar-refractivity contribution in [3.63, 3.8) is 0 Å². The van der Waals surface area contributed by atoms with Gasteiger partial charge in [-0.1, -0.05) is 0 Å². The molecule has 1 aromatic heterocycles. The number of anilines is 1. The van der Waals surface area contributed by atoms with Gasteiger partial charge in [0.1, 0.15) is 23.5 Å². The Kier molecular flexibility index (Phi) is 6.15. The molecule has 4 aliphatic rings. The Balaban J connectivity index is 1.28. The van der Waals surface area contributed by atoms with Crippen molar-refractivity contribution in [2.24, 2.45) is 21.7 Å². The van der Waals surface area contributed by atoms with Gasteiger partial charge in [0.15, 0.2) is 0 Å². The van der Waals surface area contributed by atoms with Crippen LogP contribution in [-0.2, 0) is 4.79 Å². The van der Waals surface area contributed by atoms with Gasteiger partial charge in [-0.15, -0.1) is 4.59 Å². The second kappa shape index (κ2) is 9.54. The van der Waals surface area contributed by atoms with Gasteiger partial charge in [0.25, 0.3) is 18.2 Å². The number of nitrogens with two attached hydrogens (primary N) is 1. The van der Waals surface area contributed by atoms with Crippen LogP contribution in [0.1, 0.15) is 53.6 Å². The normalized spacial score (nSPS) is 25.7. The number of allylic oxidation sites excluding steroid dienone is 1. The number of hydrogen-bond donors (Lipinski definition) is 2. The highest BCUT2D eigenvalue weighted by atomic mass is 19.3. The average Bonchev–Trinajstić information content (AvgIpc) is 3.45. The summed E-state index contributed by atoms with van der Waals surface area (Å²) >= 11 is 0. The molecule has 3 atom stereocenters. The molecule has 1 unspecified atom stereocenters. The zero-order valence-electron chi connectivity index (χ0n) is 20.7. The fourth-order valence-corrected chi connectivity index (χ4v) is 5.65. The van der Waals surface area contributed by atoms with Crippen LogP contribution in [0.4, 0.5) is 19.0 Å². The Morgan fingerprint density at radius 1 is 1.18 bits per heavy atom. The van der Waals surface area contributed by atoms with Crippen LogP contribution in [0.25, 0.3) is 0 Å². The van der Waals surface area contributed by atoms with E-state index in [2.05, 4.69) is 15.3 Å². The molecule has 6 rings (SSSR count). The molecule has 5 heterocycles. The number of piperidine rings is 1. The fraction of sp³-hybridized carbons (Fsp3) is 0.296. The van der Waals surface area contributed by atoms with E-state index < -0.39 is 18.1 Å². The van der Waals surface area contributed by atoms with Crippen molar-refractivity contribution in [3.05, 3.63) is 82.8 Å². The molecule has 1 aromatic carbocycles. The van der Waals surface area contributed by atoms with Gasteiger partial charge in [0.2, 0.25) is 11.6 Å². The van der Waals surface area contributed by atoms with E-state index in [0.29, 0.717) is 24.4 Å². The number of amides is 2. The predicted molar refractivity (Wildman–Crippen MR) is 137 cm³/mol. The van der Waals surface area contributed by atoms with Crippen LogP contribution in [0.3, 0.4) is 0 Å². The van der Waals surface area contributed by atoms with Crippen LogP contribution in [-0.4, -0.2) is 50.9 Å². The minimum absolute atomic E-state index is 0.0299. The molecule has 0 bridgehead atoms. The lowest BCUT2D eigenvalue weighted by molar-refractivity contribution is -0.750. The summed E-state index contributed by atoms with van der Waals surface area (Å²) < 4.78 is 41.1. The first kappa shape index (κ1) is 25.1. The number of pyridine rings is 1. The Morgan fingerprint density at radius 2 is 2.03 bits per heavy atom. The van der Waals surface area contributed by atoms with Gasteiger partial charge in [0, 0.05) is 42.2 Å². The molecule has 12 heteroatoms. The number of rotatable bonds is 5. The highest BCUT2D eigenvalue weighted by Gasteiger charge is 2.48. The molecule has 39 heavy (non-hydrogen) atoms. The van der Waals surface area contributed by atoms with Crippen LogP contribution >= 0.6 is 0 Å². The molecule has 4 aliphatic heterocycles. The standard InChI is InChI=1S/C27H24F3N7O2/c28-20-11-16(27(39)34-22-12-15(25(29)30)7-8-33-22)2-5-19(20)26-35-24(21-13-32-9-10-37(21,26)31)17-1-3-18-4-6-23(38)36(18)14-17/h2,5,7-13,17-18,25H,1,3-4,6,14,31H2/p+1/t17-,18+,37?/m1/s1. The Labute approximate surface area is 221 Å². The number of halogens is 3. The van der Waals surface area contributed by atoms with Crippen LogP contribution in [0.2, 0.25) is 0 Å². The molecular formula is C27H25F3N7O2+. The van der Waals surface area contributed by atoms with E-state index in [1.807, 2.05) is 4.90 Å². The van der Waals surface area contributed by atoms with Crippen molar-refractivity contribution >= 4 is 29.7 Å². The van der Waals surface area contributed by atoms with E-state index >= 15 is 4.39 Å². The van der Waals surface area contributed by atoms with E-state index in [-0.39, 0.29) is 50.8 Å². The lowest BCUT2D eigenvalue weighted by Crippen LogP contribution is -2.53. The number of hydrogen-bond acceptors (Lipinski definition) is 6. The van der Waals surface area contributed by atoms with Crippen molar-refractivity contribution in [1.82, 2.24) is 9.88 Å². The number of benzene rings is 1. The summed E-state index contributed by atoms with van der Waals surface area (Å²) in [5.41, 5.74) is 1.06. The third-order valence-electron chi connectivity index (χ3n) is 7.68. The van der Waals surface area contributed by atoms with Crippen molar-refractivity contribution < 1.29 is 27.4 Å². The molecular weight excluding hydrogens is 511 g/mol. The molecule has 2 fully saturated rings. The highest BCUT2D eigenvalue weighted by Crippen LogP contribution is 2.40. The van der Waals surface area contributed by atoms with Gasteiger partial charge in [0.05, 0.1) is 18.0 Å². The Hall–Kier alpha value is -4.16. The zero-order chi connectivity index (χ0) is 27.3. The van der Waals surface area contributed by atoms with Crippen LogP contribution < -0.4 is 11.2 Å². The number of carbonyl (C=O) groups excluding carboxylic acids is 2. The number of aromatic nitrogens is 1. The van der Waals surface area contributed by atoms with Crippen LogP contribution in [0, 0.1) is 11.7 Å². The van der Waals surface area contributed by atoms with Crippen molar-refractivity contribution in [2.45, 2.75) is 38.2 Å². The molecule has 0 aliphatic carbocycles. The van der Waals surface area contributed by atoms with Crippen molar-refractivity contribution in [2.75, 3.05) is 11.9 Å². The minimum Gasteiger partial charge on any atom is -0.339 e. The summed E-state index contributed by atoms with van der Waals surface area (Å²) in [7, 11) is 0. The number of nitrogens with one attached hydrogen (secondary N) is 1. The van der Waals surface area contributed by atoms with E-state index in [1.165, 1.54) is 18.3 Å². The first-order valence-corrected chi connectivity index (χ1v) is 12.6. The van der Waals surface area contributed by atoms with Crippen molar-refractivity contribution in [1.29, 1.82) is 0 Å². The number of nitrogens with zero attached hydrogens (tertiary/aromatic N) is 5. The molecule has 200 valence electrons. The summed E-state index contributed by atoms with van der Waals surface area (Å²) in [4.78, 5) is 39.9. The second-order valence-corrected chi connectivity index (χ2v) is 10.00. The third kappa shape index (κ3) is 4.35. The summed E-state index contributed by atoms with van der Waals surface area (Å²) in [6.45, 7) is 0.527. The summed E-state index contributed by atoms with van der Waals surface area (Å²) in [5.74, 6) is 5.54. The summed E-state index contributed by atoms with van der Waals surface area (Å²) in [6.07, 6.45) is 6.29. The predicted octanol–water partition coefficient (Wildman–Crippen LogP) is 4.03. The first-order chi connectivity index (χ1) is 18.7. The molecule has 0 saturated carbocycles. The van der Waals surface area contributed by atoms with E-state index in [0.717, 1.165) is 43.7 Å². The number of carbonyl (C=O) groups is 2. The largest absolute Gasteiger partial charge is 0.339 e. The third-order valence-corrected chi connectivity index (χ3v) is 7.68. The lowest BCUT2D eigenvalue weighted by Gasteiger charge is -2.35. The van der Waals surface area contributed by atoms with E-state index in [4.69, 9.17) is 10.8 Å². The quantitative estimate of drug-likeness (QED) is 0.444. The summed E-state index contributed by atoms with van der Waals surface area (Å²) in [5, 5.41) is 2.42. The van der Waals surface area contributed by atoms with Gasteiger partial charge in [-0.2, -0.15) is 10.8 Å². The lowest BCUT2D eigenvalue weighted by atomic mass is 9.90. The van der Waals surface area contributed by atoms with E-state index in [1.54, 1.807) is 12.4 Å². The van der Waals surface area contributed by atoms with Gasteiger partial charge < -0.3 is 10.2 Å². The average molecular weight is 537 g/mol. The molecule has 2 aromatic rings. The van der Waals surface area contributed by atoms with Crippen LogP contribution in [0.5, 0.6) is 0 Å². The fourth-order valence-electron chi connectivity index (χ4n) is 5.65. The van der Waals surface area contributed by atoms with Crippen LogP contribution in [0.15, 0.2) is 70.3 Å². The SMILES string of the molecule is N[N+]12C=CN=CC1=C([C@@H]1CC[C@H]3CCC(=O)N3C1)N=C2c1ccc(C(=O)Nc2cc(C(F)F)ccn2)cc1F. The van der Waals surface area contributed by atoms with E-state index in [9.17, 15) is 18.4 Å². The maximum absolute atomic E-state index is 15.5. The molecule has 3 N–H and O–H groups in total. The minimum atomic E-state index is -2.72. The maximum Gasteiger partial charge on any atom is 0.267 e.